The number of aryl methyl sites for hydroxylation is 1. The molecule has 110 valence electrons. The van der Waals surface area contributed by atoms with Crippen molar-refractivity contribution in [2.45, 2.75) is 20.0 Å². The van der Waals surface area contributed by atoms with Crippen LogP contribution in [-0.4, -0.2) is 18.1 Å². The molecule has 0 radical (unpaired) electrons. The third kappa shape index (κ3) is 4.07. The third-order valence-electron chi connectivity index (χ3n) is 3.23. The quantitative estimate of drug-likeness (QED) is 0.888. The van der Waals surface area contributed by atoms with Gasteiger partial charge in [0.1, 0.15) is 5.75 Å². The number of hydrogen-bond acceptors (Lipinski definition) is 3. The second kappa shape index (κ2) is 6.90. The van der Waals surface area contributed by atoms with Crippen molar-refractivity contribution in [3.05, 3.63) is 59.2 Å². The van der Waals surface area contributed by atoms with Gasteiger partial charge in [0.05, 0.1) is 20.1 Å². The van der Waals surface area contributed by atoms with Gasteiger partial charge in [0.25, 0.3) is 0 Å². The van der Waals surface area contributed by atoms with Crippen molar-refractivity contribution in [1.29, 1.82) is 0 Å². The van der Waals surface area contributed by atoms with Crippen LogP contribution >= 0.6 is 0 Å². The maximum atomic E-state index is 12.1. The fourth-order valence-electron chi connectivity index (χ4n) is 2.11. The lowest BCUT2D eigenvalue weighted by atomic mass is 10.1. The molecule has 4 nitrogen and oxygen atoms in total. The Morgan fingerprint density at radius 3 is 2.71 bits per heavy atom. The van der Waals surface area contributed by atoms with E-state index in [4.69, 9.17) is 9.84 Å². The summed E-state index contributed by atoms with van der Waals surface area (Å²) >= 11 is 0. The number of anilines is 1. The molecule has 2 aromatic carbocycles. The molecule has 0 aliphatic heterocycles. The van der Waals surface area contributed by atoms with Crippen LogP contribution in [0, 0.1) is 6.92 Å². The van der Waals surface area contributed by atoms with E-state index >= 15 is 0 Å². The van der Waals surface area contributed by atoms with Gasteiger partial charge in [-0.2, -0.15) is 0 Å². The van der Waals surface area contributed by atoms with Gasteiger partial charge in [0, 0.05) is 5.69 Å². The molecule has 0 bridgehead atoms. The van der Waals surface area contributed by atoms with Gasteiger partial charge >= 0.3 is 0 Å². The van der Waals surface area contributed by atoms with Crippen molar-refractivity contribution in [3.63, 3.8) is 0 Å². The van der Waals surface area contributed by atoms with Crippen molar-refractivity contribution in [3.8, 4) is 5.75 Å². The highest BCUT2D eigenvalue weighted by atomic mass is 16.5. The number of rotatable bonds is 5. The molecule has 0 saturated heterocycles. The van der Waals surface area contributed by atoms with Crippen LogP contribution < -0.4 is 10.1 Å². The van der Waals surface area contributed by atoms with Crippen LogP contribution in [0.2, 0.25) is 0 Å². The summed E-state index contributed by atoms with van der Waals surface area (Å²) in [5.74, 6) is 0.679. The van der Waals surface area contributed by atoms with Crippen LogP contribution in [0.25, 0.3) is 0 Å². The van der Waals surface area contributed by atoms with E-state index in [0.717, 1.165) is 22.4 Å². The SMILES string of the molecule is COc1cc(CC(=O)Nc2cccc(CO)c2)ccc1C. The van der Waals surface area contributed by atoms with Crippen molar-refractivity contribution >= 4 is 11.6 Å². The van der Waals surface area contributed by atoms with Gasteiger partial charge in [-0.25, -0.2) is 0 Å². The molecule has 0 fully saturated rings. The third-order valence-corrected chi connectivity index (χ3v) is 3.23. The Morgan fingerprint density at radius 2 is 2.00 bits per heavy atom. The van der Waals surface area contributed by atoms with Crippen LogP contribution in [-0.2, 0) is 17.8 Å². The lowest BCUT2D eigenvalue weighted by molar-refractivity contribution is -0.115. The molecule has 0 aromatic heterocycles. The van der Waals surface area contributed by atoms with Crippen LogP contribution in [0.15, 0.2) is 42.5 Å². The van der Waals surface area contributed by atoms with E-state index in [-0.39, 0.29) is 18.9 Å². The van der Waals surface area contributed by atoms with Crippen LogP contribution in [0.5, 0.6) is 5.75 Å². The molecule has 2 rings (SSSR count). The Morgan fingerprint density at radius 1 is 1.19 bits per heavy atom. The van der Waals surface area contributed by atoms with Crippen molar-refractivity contribution in [2.75, 3.05) is 12.4 Å². The summed E-state index contributed by atoms with van der Waals surface area (Å²) in [5, 5.41) is 11.9. The summed E-state index contributed by atoms with van der Waals surface area (Å²) in [6, 6.07) is 12.9. The Labute approximate surface area is 124 Å². The number of aliphatic hydroxyl groups excluding tert-OH is 1. The highest BCUT2D eigenvalue weighted by Crippen LogP contribution is 2.19. The Bertz CT molecular complexity index is 638. The minimum absolute atomic E-state index is 0.0428. The predicted molar refractivity (Wildman–Crippen MR) is 82.4 cm³/mol. The zero-order valence-corrected chi connectivity index (χ0v) is 12.2. The van der Waals surface area contributed by atoms with Crippen LogP contribution in [0.1, 0.15) is 16.7 Å². The molecule has 0 unspecified atom stereocenters. The Balaban J connectivity index is 2.04. The van der Waals surface area contributed by atoms with E-state index in [1.165, 1.54) is 0 Å². The van der Waals surface area contributed by atoms with Gasteiger partial charge in [-0.15, -0.1) is 0 Å². The van der Waals surface area contributed by atoms with E-state index in [2.05, 4.69) is 5.32 Å². The molecule has 0 aliphatic rings. The molecular weight excluding hydrogens is 266 g/mol. The number of methoxy groups -OCH3 is 1. The van der Waals surface area contributed by atoms with Crippen molar-refractivity contribution in [2.24, 2.45) is 0 Å². The molecule has 0 saturated carbocycles. The van der Waals surface area contributed by atoms with Gasteiger partial charge in [-0.1, -0.05) is 24.3 Å². The number of amides is 1. The first kappa shape index (κ1) is 15.1. The lowest BCUT2D eigenvalue weighted by Crippen LogP contribution is -2.14. The summed E-state index contributed by atoms with van der Waals surface area (Å²) in [5.41, 5.74) is 3.39. The van der Waals surface area contributed by atoms with E-state index in [1.54, 1.807) is 31.4 Å². The topological polar surface area (TPSA) is 58.6 Å². The summed E-state index contributed by atoms with van der Waals surface area (Å²) in [6.45, 7) is 1.92. The maximum Gasteiger partial charge on any atom is 0.228 e. The van der Waals surface area contributed by atoms with Gasteiger partial charge in [-0.05, 0) is 41.8 Å². The van der Waals surface area contributed by atoms with Gasteiger partial charge in [0.2, 0.25) is 5.91 Å². The van der Waals surface area contributed by atoms with Crippen LogP contribution in [0.4, 0.5) is 5.69 Å². The summed E-state index contributed by atoms with van der Waals surface area (Å²) < 4.78 is 5.26. The van der Waals surface area contributed by atoms with E-state index in [1.807, 2.05) is 25.1 Å². The number of nitrogens with one attached hydrogen (secondary N) is 1. The van der Waals surface area contributed by atoms with E-state index < -0.39 is 0 Å². The number of hydrogen-bond donors (Lipinski definition) is 2. The Kier molecular flexibility index (Phi) is 4.95. The second-order valence-electron chi connectivity index (χ2n) is 4.89. The van der Waals surface area contributed by atoms with E-state index in [0.29, 0.717) is 5.69 Å². The largest absolute Gasteiger partial charge is 0.496 e. The second-order valence-corrected chi connectivity index (χ2v) is 4.89. The fourth-order valence-corrected chi connectivity index (χ4v) is 2.11. The molecule has 21 heavy (non-hydrogen) atoms. The lowest BCUT2D eigenvalue weighted by Gasteiger charge is -2.09. The predicted octanol–water partition coefficient (Wildman–Crippen LogP) is 2.68. The normalized spacial score (nSPS) is 10.2. The number of ether oxygens (including phenoxy) is 1. The first-order chi connectivity index (χ1) is 10.1. The Hall–Kier alpha value is -2.33. The average molecular weight is 285 g/mol. The molecule has 0 heterocycles. The zero-order valence-electron chi connectivity index (χ0n) is 12.2. The highest BCUT2D eigenvalue weighted by molar-refractivity contribution is 5.92. The standard InChI is InChI=1S/C17H19NO3/c1-12-6-7-13(9-16(12)21-2)10-17(20)18-15-5-3-4-14(8-15)11-19/h3-9,19H,10-11H2,1-2H3,(H,18,20). The van der Waals surface area contributed by atoms with Crippen molar-refractivity contribution < 1.29 is 14.6 Å². The monoisotopic (exact) mass is 285 g/mol. The number of aliphatic hydroxyl groups is 1. The molecule has 2 N–H and O–H groups in total. The number of carbonyl (C=O) groups excluding carboxylic acids is 1. The number of benzene rings is 2. The molecular formula is C17H19NO3. The molecule has 2 aromatic rings. The molecule has 0 spiro atoms. The van der Waals surface area contributed by atoms with Crippen molar-refractivity contribution in [1.82, 2.24) is 0 Å². The minimum atomic E-state index is -0.101. The van der Waals surface area contributed by atoms with Gasteiger partial charge in [0.15, 0.2) is 0 Å². The molecule has 0 atom stereocenters. The van der Waals surface area contributed by atoms with Crippen LogP contribution in [0.3, 0.4) is 0 Å². The smallest absolute Gasteiger partial charge is 0.228 e. The van der Waals surface area contributed by atoms with Gasteiger partial charge in [-0.3, -0.25) is 4.79 Å². The fraction of sp³-hybridized carbons (Fsp3) is 0.235. The summed E-state index contributed by atoms with van der Waals surface area (Å²) in [6.07, 6.45) is 0.278. The minimum Gasteiger partial charge on any atom is -0.496 e. The number of carbonyl (C=O) groups is 1. The maximum absolute atomic E-state index is 12.1. The van der Waals surface area contributed by atoms with Gasteiger partial charge < -0.3 is 15.2 Å². The molecule has 4 heteroatoms. The summed E-state index contributed by atoms with van der Waals surface area (Å²) in [7, 11) is 1.62. The average Bonchev–Trinajstić information content (AvgIpc) is 2.49. The first-order valence-corrected chi connectivity index (χ1v) is 6.75. The van der Waals surface area contributed by atoms with E-state index in [9.17, 15) is 4.79 Å². The summed E-state index contributed by atoms with van der Waals surface area (Å²) in [4.78, 5) is 12.1. The zero-order chi connectivity index (χ0) is 15.2. The highest BCUT2D eigenvalue weighted by Gasteiger charge is 2.07. The first-order valence-electron chi connectivity index (χ1n) is 6.75. The molecule has 0 aliphatic carbocycles. The molecule has 1 amide bonds.